The van der Waals surface area contributed by atoms with Crippen LogP contribution in [0, 0.1) is 6.92 Å². The van der Waals surface area contributed by atoms with E-state index in [0.29, 0.717) is 5.69 Å². The van der Waals surface area contributed by atoms with Crippen molar-refractivity contribution in [2.24, 2.45) is 0 Å². The molecule has 0 unspecified atom stereocenters. The van der Waals surface area contributed by atoms with Crippen molar-refractivity contribution in [3.05, 3.63) is 22.5 Å². The number of methoxy groups -OCH3 is 1. The monoisotopic (exact) mass is 207 g/mol. The van der Waals surface area contributed by atoms with Gasteiger partial charge < -0.3 is 4.74 Å². The Bertz CT molecular complexity index is 317. The molecule has 1 aromatic heterocycles. The van der Waals surface area contributed by atoms with E-state index < -0.39 is 6.43 Å². The van der Waals surface area contributed by atoms with Crippen LogP contribution in [0.15, 0.2) is 6.20 Å². The number of halogens is 3. The van der Waals surface area contributed by atoms with Gasteiger partial charge in [0.15, 0.2) is 5.75 Å². The highest BCUT2D eigenvalue weighted by Crippen LogP contribution is 2.34. The summed E-state index contributed by atoms with van der Waals surface area (Å²) in [6.07, 6.45) is -1.57. The zero-order valence-corrected chi connectivity index (χ0v) is 7.90. The largest absolute Gasteiger partial charge is 0.493 e. The molecule has 72 valence electrons. The summed E-state index contributed by atoms with van der Waals surface area (Å²) in [7, 11) is 1.37. The van der Waals surface area contributed by atoms with Gasteiger partial charge in [0.1, 0.15) is 0 Å². The van der Waals surface area contributed by atoms with Crippen LogP contribution in [0.3, 0.4) is 0 Å². The molecule has 0 aliphatic heterocycles. The Balaban J connectivity index is 3.27. The maximum atomic E-state index is 12.3. The summed E-state index contributed by atoms with van der Waals surface area (Å²) in [6, 6.07) is 0. The number of hydrogen-bond acceptors (Lipinski definition) is 2. The number of aromatic nitrogens is 1. The highest BCUT2D eigenvalue weighted by molar-refractivity contribution is 6.32. The first-order chi connectivity index (χ1) is 6.07. The average Bonchev–Trinajstić information content (AvgIpc) is 2.04. The van der Waals surface area contributed by atoms with Gasteiger partial charge in [-0.15, -0.1) is 0 Å². The first-order valence-electron chi connectivity index (χ1n) is 3.55. The van der Waals surface area contributed by atoms with Crippen molar-refractivity contribution in [2.75, 3.05) is 7.11 Å². The molecule has 1 rings (SSSR count). The van der Waals surface area contributed by atoms with Crippen LogP contribution in [0.1, 0.15) is 17.7 Å². The van der Waals surface area contributed by atoms with Crippen LogP contribution in [0.25, 0.3) is 0 Å². The number of ether oxygens (including phenoxy) is 1. The fraction of sp³-hybridized carbons (Fsp3) is 0.375. The van der Waals surface area contributed by atoms with E-state index in [1.54, 1.807) is 6.92 Å². The standard InChI is InChI=1S/C8H8ClF2NO/c1-4-7(13-2)6(9)5(3-12-4)8(10)11/h3,8H,1-2H3. The quantitative estimate of drug-likeness (QED) is 0.744. The van der Waals surface area contributed by atoms with E-state index in [9.17, 15) is 8.78 Å². The first kappa shape index (κ1) is 10.2. The van der Waals surface area contributed by atoms with Crippen molar-refractivity contribution in [1.29, 1.82) is 0 Å². The molecule has 13 heavy (non-hydrogen) atoms. The van der Waals surface area contributed by atoms with Gasteiger partial charge in [0, 0.05) is 6.20 Å². The molecule has 0 amide bonds. The van der Waals surface area contributed by atoms with Crippen LogP contribution < -0.4 is 4.74 Å². The number of aryl methyl sites for hydroxylation is 1. The summed E-state index contributed by atoms with van der Waals surface area (Å²) >= 11 is 5.66. The molecule has 0 N–H and O–H groups in total. The van der Waals surface area contributed by atoms with Crippen LogP contribution in [-0.4, -0.2) is 12.1 Å². The Morgan fingerprint density at radius 2 is 2.15 bits per heavy atom. The zero-order chi connectivity index (χ0) is 10.0. The first-order valence-corrected chi connectivity index (χ1v) is 3.92. The Kier molecular flexibility index (Phi) is 3.03. The van der Waals surface area contributed by atoms with Crippen molar-refractivity contribution in [2.45, 2.75) is 13.3 Å². The number of rotatable bonds is 2. The summed E-state index contributed by atoms with van der Waals surface area (Å²) in [5, 5.41) is -0.0648. The topological polar surface area (TPSA) is 22.1 Å². The lowest BCUT2D eigenvalue weighted by atomic mass is 10.2. The average molecular weight is 208 g/mol. The van der Waals surface area contributed by atoms with E-state index in [0.717, 1.165) is 6.20 Å². The molecule has 0 spiro atoms. The fourth-order valence-electron chi connectivity index (χ4n) is 0.961. The van der Waals surface area contributed by atoms with Crippen molar-refractivity contribution >= 4 is 11.6 Å². The fourth-order valence-corrected chi connectivity index (χ4v) is 1.31. The molecule has 0 bridgehead atoms. The van der Waals surface area contributed by atoms with E-state index in [1.165, 1.54) is 7.11 Å². The van der Waals surface area contributed by atoms with Crippen LogP contribution >= 0.6 is 11.6 Å². The van der Waals surface area contributed by atoms with Gasteiger partial charge >= 0.3 is 0 Å². The third-order valence-corrected chi connectivity index (χ3v) is 2.01. The van der Waals surface area contributed by atoms with Crippen molar-refractivity contribution < 1.29 is 13.5 Å². The van der Waals surface area contributed by atoms with Crippen LogP contribution in [0.4, 0.5) is 8.78 Å². The van der Waals surface area contributed by atoms with Crippen molar-refractivity contribution in [3.8, 4) is 5.75 Å². The van der Waals surface area contributed by atoms with Gasteiger partial charge in [-0.25, -0.2) is 8.78 Å². The maximum absolute atomic E-state index is 12.3. The molecule has 0 saturated carbocycles. The smallest absolute Gasteiger partial charge is 0.266 e. The predicted molar refractivity (Wildman–Crippen MR) is 45.5 cm³/mol. The molecule has 0 atom stereocenters. The highest BCUT2D eigenvalue weighted by Gasteiger charge is 2.17. The summed E-state index contributed by atoms with van der Waals surface area (Å²) in [5.41, 5.74) is 0.195. The van der Waals surface area contributed by atoms with Gasteiger partial charge in [-0.3, -0.25) is 4.98 Å². The maximum Gasteiger partial charge on any atom is 0.266 e. The van der Waals surface area contributed by atoms with Gasteiger partial charge in [-0.1, -0.05) is 11.6 Å². The second kappa shape index (κ2) is 3.87. The minimum absolute atomic E-state index is 0.0648. The lowest BCUT2D eigenvalue weighted by Crippen LogP contribution is -1.96. The predicted octanol–water partition coefficient (Wildman–Crippen LogP) is 2.99. The molecule has 1 aromatic rings. The Labute approximate surface area is 79.5 Å². The molecule has 0 radical (unpaired) electrons. The Morgan fingerprint density at radius 1 is 1.54 bits per heavy atom. The second-order valence-corrected chi connectivity index (χ2v) is 2.82. The normalized spacial score (nSPS) is 10.6. The number of alkyl halides is 2. The molecule has 0 fully saturated rings. The van der Waals surface area contributed by atoms with Gasteiger partial charge in [0.05, 0.1) is 23.4 Å². The van der Waals surface area contributed by atoms with Crippen molar-refractivity contribution in [3.63, 3.8) is 0 Å². The SMILES string of the molecule is COc1c(C)ncc(C(F)F)c1Cl. The third kappa shape index (κ3) is 1.88. The van der Waals surface area contributed by atoms with E-state index >= 15 is 0 Å². The van der Waals surface area contributed by atoms with Gasteiger partial charge in [0.25, 0.3) is 6.43 Å². The van der Waals surface area contributed by atoms with Crippen molar-refractivity contribution in [1.82, 2.24) is 4.98 Å². The summed E-state index contributed by atoms with van der Waals surface area (Å²) in [5.74, 6) is 0.208. The van der Waals surface area contributed by atoms with Crippen LogP contribution in [0.2, 0.25) is 5.02 Å². The van der Waals surface area contributed by atoms with E-state index in [4.69, 9.17) is 16.3 Å². The van der Waals surface area contributed by atoms with E-state index in [-0.39, 0.29) is 16.3 Å². The third-order valence-electron chi connectivity index (χ3n) is 1.62. The molecule has 0 aliphatic rings. The van der Waals surface area contributed by atoms with Gasteiger partial charge in [-0.2, -0.15) is 0 Å². The van der Waals surface area contributed by atoms with Gasteiger partial charge in [-0.05, 0) is 6.92 Å². The molecule has 1 heterocycles. The number of hydrogen-bond donors (Lipinski definition) is 0. The van der Waals surface area contributed by atoms with Crippen LogP contribution in [0.5, 0.6) is 5.75 Å². The molecular formula is C8H8ClF2NO. The summed E-state index contributed by atoms with van der Waals surface area (Å²) < 4.78 is 29.4. The number of pyridine rings is 1. The Morgan fingerprint density at radius 3 is 2.62 bits per heavy atom. The molecule has 0 aromatic carbocycles. The summed E-state index contributed by atoms with van der Waals surface area (Å²) in [6.45, 7) is 1.64. The molecular weight excluding hydrogens is 200 g/mol. The number of nitrogens with zero attached hydrogens (tertiary/aromatic N) is 1. The second-order valence-electron chi connectivity index (χ2n) is 2.45. The lowest BCUT2D eigenvalue weighted by Gasteiger charge is -2.09. The van der Waals surface area contributed by atoms with Crippen LogP contribution in [-0.2, 0) is 0 Å². The van der Waals surface area contributed by atoms with E-state index in [1.807, 2.05) is 0 Å². The lowest BCUT2D eigenvalue weighted by molar-refractivity contribution is 0.150. The molecule has 0 aliphatic carbocycles. The molecule has 5 heteroatoms. The molecule has 0 saturated heterocycles. The Hall–Kier alpha value is -0.900. The summed E-state index contributed by atoms with van der Waals surface area (Å²) in [4.78, 5) is 3.74. The minimum atomic E-state index is -2.63. The van der Waals surface area contributed by atoms with Gasteiger partial charge in [0.2, 0.25) is 0 Å². The zero-order valence-electron chi connectivity index (χ0n) is 7.14. The molecule has 2 nitrogen and oxygen atoms in total. The minimum Gasteiger partial charge on any atom is -0.493 e. The van der Waals surface area contributed by atoms with E-state index in [2.05, 4.69) is 4.98 Å². The highest BCUT2D eigenvalue weighted by atomic mass is 35.5.